The molecule has 0 bridgehead atoms. The smallest absolute Gasteiger partial charge is 0.239 e. The second-order valence-corrected chi connectivity index (χ2v) is 7.98. The van der Waals surface area contributed by atoms with E-state index < -0.39 is 0 Å². The molecular formula is C24H29N3O. The van der Waals surface area contributed by atoms with E-state index in [9.17, 15) is 4.79 Å². The topological polar surface area (TPSA) is 37.3 Å². The molecule has 4 nitrogen and oxygen atoms in total. The first kappa shape index (κ1) is 18.8. The highest BCUT2D eigenvalue weighted by Gasteiger charge is 2.18. The molecule has 28 heavy (non-hydrogen) atoms. The van der Waals surface area contributed by atoms with Crippen LogP contribution in [0.5, 0.6) is 0 Å². The van der Waals surface area contributed by atoms with Gasteiger partial charge in [0.1, 0.15) is 6.54 Å². The Hall–Kier alpha value is -2.59. The molecule has 0 radical (unpaired) electrons. The highest BCUT2D eigenvalue weighted by atomic mass is 16.1. The SMILES string of the molecule is Cc1ccc(-c2ccc3ccn(CC(=O)NCC(C)N4CCCC4)c3c2)cc1. The van der Waals surface area contributed by atoms with Gasteiger partial charge < -0.3 is 9.88 Å². The number of nitrogens with zero attached hydrogens (tertiary/aromatic N) is 2. The predicted molar refractivity (Wildman–Crippen MR) is 115 cm³/mol. The van der Waals surface area contributed by atoms with Gasteiger partial charge in [0, 0.05) is 24.3 Å². The van der Waals surface area contributed by atoms with Gasteiger partial charge >= 0.3 is 0 Å². The highest BCUT2D eigenvalue weighted by Crippen LogP contribution is 2.25. The molecule has 2 aromatic carbocycles. The van der Waals surface area contributed by atoms with Crippen molar-refractivity contribution in [3.05, 3.63) is 60.3 Å². The van der Waals surface area contributed by atoms with E-state index in [1.807, 2.05) is 10.8 Å². The van der Waals surface area contributed by atoms with E-state index >= 15 is 0 Å². The van der Waals surface area contributed by atoms with Crippen LogP contribution < -0.4 is 5.32 Å². The fraction of sp³-hybridized carbons (Fsp3) is 0.375. The first-order chi connectivity index (χ1) is 13.6. The van der Waals surface area contributed by atoms with Crippen LogP contribution in [0.1, 0.15) is 25.3 Å². The Bertz CT molecular complexity index is 952. The minimum absolute atomic E-state index is 0.0734. The van der Waals surface area contributed by atoms with Crippen LogP contribution in [-0.2, 0) is 11.3 Å². The van der Waals surface area contributed by atoms with E-state index in [4.69, 9.17) is 0 Å². The Labute approximate surface area is 167 Å². The zero-order valence-electron chi connectivity index (χ0n) is 16.8. The normalized spacial score (nSPS) is 15.8. The summed E-state index contributed by atoms with van der Waals surface area (Å²) in [4.78, 5) is 15.0. The summed E-state index contributed by atoms with van der Waals surface area (Å²) in [6.45, 7) is 7.67. The van der Waals surface area contributed by atoms with Crippen molar-refractivity contribution in [2.24, 2.45) is 0 Å². The van der Waals surface area contributed by atoms with Gasteiger partial charge in [0.25, 0.3) is 0 Å². The van der Waals surface area contributed by atoms with Crippen LogP contribution in [0.15, 0.2) is 54.7 Å². The molecule has 0 saturated carbocycles. The molecule has 146 valence electrons. The van der Waals surface area contributed by atoms with Gasteiger partial charge in [-0.25, -0.2) is 0 Å². The molecule has 0 aliphatic carbocycles. The second-order valence-electron chi connectivity index (χ2n) is 7.98. The number of nitrogens with one attached hydrogen (secondary N) is 1. The molecule has 1 atom stereocenters. The zero-order chi connectivity index (χ0) is 19.5. The van der Waals surface area contributed by atoms with Gasteiger partial charge in [-0.3, -0.25) is 9.69 Å². The van der Waals surface area contributed by atoms with E-state index in [2.05, 4.69) is 72.6 Å². The number of carbonyl (C=O) groups is 1. The van der Waals surface area contributed by atoms with Crippen molar-refractivity contribution >= 4 is 16.8 Å². The molecule has 1 fully saturated rings. The Kier molecular flexibility index (Phi) is 5.49. The molecule has 3 aromatic rings. The van der Waals surface area contributed by atoms with E-state index in [-0.39, 0.29) is 5.91 Å². The summed E-state index contributed by atoms with van der Waals surface area (Å²) in [6.07, 6.45) is 4.56. The van der Waals surface area contributed by atoms with E-state index in [1.54, 1.807) is 0 Å². The summed E-state index contributed by atoms with van der Waals surface area (Å²) in [5.41, 5.74) is 4.73. The number of hydrogen-bond donors (Lipinski definition) is 1. The number of rotatable bonds is 6. The molecule has 4 rings (SSSR count). The second kappa shape index (κ2) is 8.19. The highest BCUT2D eigenvalue weighted by molar-refractivity contribution is 5.87. The fourth-order valence-corrected chi connectivity index (χ4v) is 4.03. The van der Waals surface area contributed by atoms with Gasteiger partial charge in [0.15, 0.2) is 0 Å². The Morgan fingerprint density at radius 1 is 1.04 bits per heavy atom. The molecule has 1 aliphatic rings. The van der Waals surface area contributed by atoms with Crippen molar-refractivity contribution in [1.82, 2.24) is 14.8 Å². The Morgan fingerprint density at radius 3 is 2.50 bits per heavy atom. The lowest BCUT2D eigenvalue weighted by Crippen LogP contribution is -2.41. The van der Waals surface area contributed by atoms with Crippen LogP contribution in [0.2, 0.25) is 0 Å². The third kappa shape index (κ3) is 4.12. The quantitative estimate of drug-likeness (QED) is 0.700. The summed E-state index contributed by atoms with van der Waals surface area (Å²) in [6, 6.07) is 17.5. The van der Waals surface area contributed by atoms with Gasteiger partial charge in [0.05, 0.1) is 0 Å². The van der Waals surface area contributed by atoms with Gasteiger partial charge in [-0.1, -0.05) is 42.0 Å². The predicted octanol–water partition coefficient (Wildman–Crippen LogP) is 4.22. The molecule has 1 amide bonds. The molecule has 1 aromatic heterocycles. The molecule has 4 heteroatoms. The van der Waals surface area contributed by atoms with Crippen molar-refractivity contribution < 1.29 is 4.79 Å². The van der Waals surface area contributed by atoms with Gasteiger partial charge in [-0.05, 0) is 68.4 Å². The summed E-state index contributed by atoms with van der Waals surface area (Å²) in [5, 5.41) is 4.27. The monoisotopic (exact) mass is 375 g/mol. The molecule has 0 spiro atoms. The van der Waals surface area contributed by atoms with Gasteiger partial charge in [0.2, 0.25) is 5.91 Å². The number of aromatic nitrogens is 1. The average molecular weight is 376 g/mol. The molecular weight excluding hydrogens is 346 g/mol. The fourth-order valence-electron chi connectivity index (χ4n) is 4.03. The molecule has 1 unspecified atom stereocenters. The maximum atomic E-state index is 12.5. The van der Waals surface area contributed by atoms with Crippen LogP contribution in [-0.4, -0.2) is 41.1 Å². The molecule has 2 heterocycles. The van der Waals surface area contributed by atoms with Crippen LogP contribution in [0.3, 0.4) is 0 Å². The molecule has 1 aliphatic heterocycles. The van der Waals surface area contributed by atoms with Gasteiger partial charge in [-0.2, -0.15) is 0 Å². The van der Waals surface area contributed by atoms with E-state index in [0.717, 1.165) is 24.0 Å². The summed E-state index contributed by atoms with van der Waals surface area (Å²) in [5.74, 6) is 0.0734. The number of amides is 1. The average Bonchev–Trinajstić information content (AvgIpc) is 3.37. The lowest BCUT2D eigenvalue weighted by atomic mass is 10.0. The van der Waals surface area contributed by atoms with E-state index in [0.29, 0.717) is 19.1 Å². The molecule has 1 saturated heterocycles. The minimum Gasteiger partial charge on any atom is -0.353 e. The lowest BCUT2D eigenvalue weighted by Gasteiger charge is -2.23. The van der Waals surface area contributed by atoms with Crippen molar-refractivity contribution in [2.45, 2.75) is 39.3 Å². The maximum absolute atomic E-state index is 12.5. The van der Waals surface area contributed by atoms with Crippen molar-refractivity contribution in [3.63, 3.8) is 0 Å². The third-order valence-electron chi connectivity index (χ3n) is 5.83. The van der Waals surface area contributed by atoms with Gasteiger partial charge in [-0.15, -0.1) is 0 Å². The molecule has 1 N–H and O–H groups in total. The minimum atomic E-state index is 0.0734. The number of aryl methyl sites for hydroxylation is 1. The number of carbonyl (C=O) groups excluding carboxylic acids is 1. The largest absolute Gasteiger partial charge is 0.353 e. The van der Waals surface area contributed by atoms with Crippen LogP contribution in [0, 0.1) is 6.92 Å². The van der Waals surface area contributed by atoms with Crippen LogP contribution in [0.25, 0.3) is 22.0 Å². The first-order valence-corrected chi connectivity index (χ1v) is 10.3. The summed E-state index contributed by atoms with van der Waals surface area (Å²) in [7, 11) is 0. The summed E-state index contributed by atoms with van der Waals surface area (Å²) < 4.78 is 2.04. The Balaban J connectivity index is 1.45. The van der Waals surface area contributed by atoms with E-state index in [1.165, 1.54) is 29.5 Å². The third-order valence-corrected chi connectivity index (χ3v) is 5.83. The number of hydrogen-bond acceptors (Lipinski definition) is 2. The van der Waals surface area contributed by atoms with Crippen molar-refractivity contribution in [1.29, 1.82) is 0 Å². The van der Waals surface area contributed by atoms with Crippen LogP contribution >= 0.6 is 0 Å². The zero-order valence-corrected chi connectivity index (χ0v) is 16.8. The standard InChI is InChI=1S/C24H29N3O/c1-18-5-7-20(8-6-18)22-10-9-21-11-14-27(23(21)15-22)17-24(28)25-16-19(2)26-12-3-4-13-26/h5-11,14-15,19H,3-4,12-13,16-17H2,1-2H3,(H,25,28). The van der Waals surface area contributed by atoms with Crippen LogP contribution in [0.4, 0.5) is 0 Å². The summed E-state index contributed by atoms with van der Waals surface area (Å²) >= 11 is 0. The number of likely N-dealkylation sites (tertiary alicyclic amines) is 1. The van der Waals surface area contributed by atoms with Crippen molar-refractivity contribution in [2.75, 3.05) is 19.6 Å². The first-order valence-electron chi connectivity index (χ1n) is 10.3. The Morgan fingerprint density at radius 2 is 1.75 bits per heavy atom. The lowest BCUT2D eigenvalue weighted by molar-refractivity contribution is -0.121. The number of benzene rings is 2. The van der Waals surface area contributed by atoms with Crippen molar-refractivity contribution in [3.8, 4) is 11.1 Å². The number of fused-ring (bicyclic) bond motifs is 1. The maximum Gasteiger partial charge on any atom is 0.239 e.